The molecule has 2 aromatic carbocycles. The van der Waals surface area contributed by atoms with Gasteiger partial charge in [0.1, 0.15) is 13.2 Å². The number of ether oxygens (including phenoxy) is 4. The topological polar surface area (TPSA) is 97.1 Å². The lowest BCUT2D eigenvalue weighted by atomic mass is 10.1. The molecule has 8 nitrogen and oxygen atoms in total. The minimum absolute atomic E-state index is 0.0145. The molecular weight excluding hydrogens is 392 g/mol. The Morgan fingerprint density at radius 1 is 1.17 bits per heavy atom. The highest BCUT2D eigenvalue weighted by Crippen LogP contribution is 2.36. The molecule has 10 heteroatoms. The van der Waals surface area contributed by atoms with Crippen LogP contribution in [0.25, 0.3) is 6.08 Å². The summed E-state index contributed by atoms with van der Waals surface area (Å²) in [5.41, 5.74) is -0.246. The number of ketones is 1. The average Bonchev–Trinajstić information content (AvgIpc) is 2.71. The third-order valence-corrected chi connectivity index (χ3v) is 3.97. The summed E-state index contributed by atoms with van der Waals surface area (Å²) < 4.78 is 45.0. The zero-order valence-corrected chi connectivity index (χ0v) is 15.1. The first kappa shape index (κ1) is 20.1. The van der Waals surface area contributed by atoms with Crippen molar-refractivity contribution >= 4 is 17.5 Å². The first-order valence-electron chi connectivity index (χ1n) is 8.32. The molecule has 1 aliphatic heterocycles. The molecule has 1 heterocycles. The van der Waals surface area contributed by atoms with Gasteiger partial charge in [0, 0.05) is 5.56 Å². The Kier molecular flexibility index (Phi) is 5.91. The predicted octanol–water partition coefficient (Wildman–Crippen LogP) is 3.87. The summed E-state index contributed by atoms with van der Waals surface area (Å²) in [7, 11) is 1.20. The standard InChI is InChI=1S/C19H15F2NO7/c1-26-16-8-11(13(22(24)25)10-18(16)29-19(20)21)2-4-14(23)12-3-5-15-17(9-12)28-7-6-27-15/h2-5,8-10,19H,6-7H2,1H3/b4-2+. The van der Waals surface area contributed by atoms with E-state index in [9.17, 15) is 23.7 Å². The van der Waals surface area contributed by atoms with Crippen LogP contribution in [0, 0.1) is 10.1 Å². The molecule has 0 N–H and O–H groups in total. The number of carbonyl (C=O) groups excluding carboxylic acids is 1. The van der Waals surface area contributed by atoms with Gasteiger partial charge >= 0.3 is 6.61 Å². The average molecular weight is 407 g/mol. The van der Waals surface area contributed by atoms with Crippen molar-refractivity contribution in [3.05, 3.63) is 57.6 Å². The van der Waals surface area contributed by atoms with Crippen LogP contribution in [0.4, 0.5) is 14.5 Å². The smallest absolute Gasteiger partial charge is 0.387 e. The lowest BCUT2D eigenvalue weighted by Crippen LogP contribution is -2.15. The minimum atomic E-state index is -3.18. The van der Waals surface area contributed by atoms with Gasteiger partial charge in [-0.15, -0.1) is 0 Å². The number of allylic oxidation sites excluding steroid dienone is 1. The first-order chi connectivity index (χ1) is 13.9. The van der Waals surface area contributed by atoms with Crippen molar-refractivity contribution in [3.63, 3.8) is 0 Å². The summed E-state index contributed by atoms with van der Waals surface area (Å²) in [4.78, 5) is 23.0. The predicted molar refractivity (Wildman–Crippen MR) is 97.1 cm³/mol. The number of hydrogen-bond acceptors (Lipinski definition) is 7. The molecule has 152 valence electrons. The third-order valence-electron chi connectivity index (χ3n) is 3.97. The fourth-order valence-electron chi connectivity index (χ4n) is 2.66. The SMILES string of the molecule is COc1cc(/C=C/C(=O)c2ccc3c(c2)OCCO3)c([N+](=O)[O-])cc1OC(F)F. The highest BCUT2D eigenvalue weighted by molar-refractivity contribution is 6.07. The van der Waals surface area contributed by atoms with E-state index in [1.54, 1.807) is 6.07 Å². The zero-order chi connectivity index (χ0) is 21.0. The van der Waals surface area contributed by atoms with Crippen LogP contribution in [0.2, 0.25) is 0 Å². The molecule has 0 radical (unpaired) electrons. The van der Waals surface area contributed by atoms with Crippen LogP contribution < -0.4 is 18.9 Å². The fraction of sp³-hybridized carbons (Fsp3) is 0.211. The number of fused-ring (bicyclic) bond motifs is 1. The number of nitro benzene ring substituents is 1. The Bertz CT molecular complexity index is 975. The summed E-state index contributed by atoms with van der Waals surface area (Å²) in [5.74, 6) is -0.113. The number of nitrogens with zero attached hydrogens (tertiary/aromatic N) is 1. The molecule has 1 aliphatic rings. The molecule has 0 fully saturated rings. The number of methoxy groups -OCH3 is 1. The monoisotopic (exact) mass is 407 g/mol. The summed E-state index contributed by atoms with van der Waals surface area (Å²) >= 11 is 0. The lowest BCUT2D eigenvalue weighted by molar-refractivity contribution is -0.385. The molecule has 0 aromatic heterocycles. The highest BCUT2D eigenvalue weighted by atomic mass is 19.3. The largest absolute Gasteiger partial charge is 0.493 e. The maximum Gasteiger partial charge on any atom is 0.387 e. The summed E-state index contributed by atoms with van der Waals surface area (Å²) in [6.45, 7) is -2.40. The van der Waals surface area contributed by atoms with Crippen molar-refractivity contribution in [3.8, 4) is 23.0 Å². The molecular formula is C19H15F2NO7. The van der Waals surface area contributed by atoms with E-state index in [2.05, 4.69) is 4.74 Å². The van der Waals surface area contributed by atoms with E-state index >= 15 is 0 Å². The van der Waals surface area contributed by atoms with Gasteiger partial charge in [0.25, 0.3) is 5.69 Å². The summed E-state index contributed by atoms with van der Waals surface area (Å²) in [6.07, 6.45) is 2.33. The number of benzene rings is 2. The number of halogens is 2. The molecule has 0 saturated carbocycles. The third kappa shape index (κ3) is 4.60. The van der Waals surface area contributed by atoms with Gasteiger partial charge in [-0.25, -0.2) is 0 Å². The van der Waals surface area contributed by atoms with E-state index in [0.717, 1.165) is 18.2 Å². The van der Waals surface area contributed by atoms with Crippen LogP contribution in [-0.4, -0.2) is 37.6 Å². The molecule has 0 bridgehead atoms. The molecule has 3 rings (SSSR count). The van der Waals surface area contributed by atoms with E-state index < -0.39 is 28.8 Å². The maximum absolute atomic E-state index is 12.5. The first-order valence-corrected chi connectivity index (χ1v) is 8.32. The second-order valence-corrected chi connectivity index (χ2v) is 5.75. The van der Waals surface area contributed by atoms with Gasteiger partial charge in [-0.05, 0) is 36.4 Å². The zero-order valence-electron chi connectivity index (χ0n) is 15.1. The number of nitro groups is 1. The van der Waals surface area contributed by atoms with Crippen molar-refractivity contribution in [2.24, 2.45) is 0 Å². The Morgan fingerprint density at radius 2 is 1.90 bits per heavy atom. The quantitative estimate of drug-likeness (QED) is 0.297. The van der Waals surface area contributed by atoms with Gasteiger partial charge in [0.05, 0.1) is 23.7 Å². The molecule has 29 heavy (non-hydrogen) atoms. The molecule has 0 amide bonds. The van der Waals surface area contributed by atoms with Crippen molar-refractivity contribution < 1.29 is 37.4 Å². The number of hydrogen-bond donors (Lipinski definition) is 0. The van der Waals surface area contributed by atoms with Crippen LogP contribution in [-0.2, 0) is 0 Å². The molecule has 0 atom stereocenters. The molecule has 2 aromatic rings. The van der Waals surface area contributed by atoms with Crippen LogP contribution >= 0.6 is 0 Å². The van der Waals surface area contributed by atoms with Crippen molar-refractivity contribution in [2.45, 2.75) is 6.61 Å². The maximum atomic E-state index is 12.5. The van der Waals surface area contributed by atoms with Gasteiger partial charge < -0.3 is 18.9 Å². The Hall–Kier alpha value is -3.69. The number of alkyl halides is 2. The van der Waals surface area contributed by atoms with Gasteiger partial charge in [-0.1, -0.05) is 0 Å². The Labute approximate surface area is 163 Å². The molecule has 0 saturated heterocycles. The molecule has 0 unspecified atom stereocenters. The second kappa shape index (κ2) is 8.55. The summed E-state index contributed by atoms with van der Waals surface area (Å²) in [6, 6.07) is 6.60. The minimum Gasteiger partial charge on any atom is -0.493 e. The highest BCUT2D eigenvalue weighted by Gasteiger charge is 2.21. The molecule has 0 spiro atoms. The van der Waals surface area contributed by atoms with Gasteiger partial charge in [0.15, 0.2) is 28.8 Å². The van der Waals surface area contributed by atoms with Crippen LogP contribution in [0.1, 0.15) is 15.9 Å². The second-order valence-electron chi connectivity index (χ2n) is 5.75. The van der Waals surface area contributed by atoms with Gasteiger partial charge in [-0.3, -0.25) is 14.9 Å². The molecule has 0 aliphatic carbocycles. The number of rotatable bonds is 7. The van der Waals surface area contributed by atoms with Crippen LogP contribution in [0.15, 0.2) is 36.4 Å². The van der Waals surface area contributed by atoms with E-state index in [4.69, 9.17) is 14.2 Å². The van der Waals surface area contributed by atoms with Crippen molar-refractivity contribution in [1.29, 1.82) is 0 Å². The Morgan fingerprint density at radius 3 is 2.55 bits per heavy atom. The van der Waals surface area contributed by atoms with Crippen LogP contribution in [0.3, 0.4) is 0 Å². The van der Waals surface area contributed by atoms with E-state index in [1.165, 1.54) is 25.3 Å². The van der Waals surface area contributed by atoms with Crippen molar-refractivity contribution in [1.82, 2.24) is 0 Å². The van der Waals surface area contributed by atoms with Crippen molar-refractivity contribution in [2.75, 3.05) is 20.3 Å². The van der Waals surface area contributed by atoms with E-state index in [0.29, 0.717) is 24.7 Å². The van der Waals surface area contributed by atoms with E-state index in [1.807, 2.05) is 0 Å². The van der Waals surface area contributed by atoms with Gasteiger partial charge in [-0.2, -0.15) is 8.78 Å². The Balaban J connectivity index is 1.90. The lowest BCUT2D eigenvalue weighted by Gasteiger charge is -2.18. The summed E-state index contributed by atoms with van der Waals surface area (Å²) in [5, 5.41) is 11.3. The fourth-order valence-corrected chi connectivity index (χ4v) is 2.66. The van der Waals surface area contributed by atoms with E-state index in [-0.39, 0.29) is 16.9 Å². The normalized spacial score (nSPS) is 12.8. The van der Waals surface area contributed by atoms with Gasteiger partial charge in [0.2, 0.25) is 0 Å². The van der Waals surface area contributed by atoms with Crippen LogP contribution in [0.5, 0.6) is 23.0 Å². The number of carbonyl (C=O) groups is 1.